The second-order valence-corrected chi connectivity index (χ2v) is 3.84. The fourth-order valence-corrected chi connectivity index (χ4v) is 1.74. The molecule has 3 nitrogen and oxygen atoms in total. The number of aryl methyl sites for hydroxylation is 2. The van der Waals surface area contributed by atoms with Crippen molar-refractivity contribution in [2.45, 2.75) is 27.2 Å². The third kappa shape index (κ3) is 1.26. The molecule has 0 saturated carbocycles. The van der Waals surface area contributed by atoms with Crippen molar-refractivity contribution in [3.05, 3.63) is 27.7 Å². The largest absolute Gasteiger partial charge is 0.296 e. The number of rotatable bonds is 1. The van der Waals surface area contributed by atoms with Gasteiger partial charge in [-0.15, -0.1) is 0 Å². The maximum absolute atomic E-state index is 5.34. The third-order valence-electron chi connectivity index (χ3n) is 2.52. The average Bonchev–Trinajstić information content (AvgIpc) is 2.57. The number of hydrogen-bond donors (Lipinski definition) is 1. The molecule has 1 N–H and O–H groups in total. The Morgan fingerprint density at radius 1 is 1.50 bits per heavy atom. The van der Waals surface area contributed by atoms with Crippen LogP contribution in [0, 0.1) is 18.5 Å². The number of aromatic nitrogens is 3. The zero-order valence-corrected chi connectivity index (χ0v) is 9.40. The van der Waals surface area contributed by atoms with E-state index in [0.29, 0.717) is 0 Å². The highest BCUT2D eigenvalue weighted by Gasteiger charge is 2.04. The summed E-state index contributed by atoms with van der Waals surface area (Å²) < 4.78 is 2.70. The van der Waals surface area contributed by atoms with Gasteiger partial charge in [0, 0.05) is 23.0 Å². The molecular weight excluding hydrogens is 194 g/mol. The standard InChI is InChI=1S/C10H13N3S/c1-4-8-5-9-11-7(3)6(2)10(14)13(9)12-8/h5,12H,4H2,1-3H3. The van der Waals surface area contributed by atoms with E-state index in [2.05, 4.69) is 17.0 Å². The maximum atomic E-state index is 5.34. The Morgan fingerprint density at radius 3 is 2.86 bits per heavy atom. The first kappa shape index (κ1) is 9.40. The van der Waals surface area contributed by atoms with Crippen LogP contribution in [0.1, 0.15) is 23.9 Å². The minimum Gasteiger partial charge on any atom is -0.296 e. The van der Waals surface area contributed by atoms with Gasteiger partial charge in [0.25, 0.3) is 0 Å². The van der Waals surface area contributed by atoms with Crippen LogP contribution in [0.4, 0.5) is 0 Å². The molecular formula is C10H13N3S. The predicted octanol–water partition coefficient (Wildman–Crippen LogP) is 2.57. The van der Waals surface area contributed by atoms with Crippen LogP contribution in [-0.4, -0.2) is 14.6 Å². The number of hydrogen-bond acceptors (Lipinski definition) is 2. The lowest BCUT2D eigenvalue weighted by molar-refractivity contribution is 0.861. The smallest absolute Gasteiger partial charge is 0.154 e. The van der Waals surface area contributed by atoms with Crippen LogP contribution < -0.4 is 0 Å². The molecule has 2 aromatic heterocycles. The monoisotopic (exact) mass is 207 g/mol. The Kier molecular flexibility index (Phi) is 2.15. The van der Waals surface area contributed by atoms with Crippen LogP contribution in [0.25, 0.3) is 5.65 Å². The topological polar surface area (TPSA) is 33.1 Å². The predicted molar refractivity (Wildman–Crippen MR) is 59.2 cm³/mol. The summed E-state index contributed by atoms with van der Waals surface area (Å²) in [6, 6.07) is 2.04. The molecule has 0 aliphatic heterocycles. The number of nitrogens with zero attached hydrogens (tertiary/aromatic N) is 2. The van der Waals surface area contributed by atoms with Gasteiger partial charge in [-0.2, -0.15) is 0 Å². The van der Waals surface area contributed by atoms with Crippen LogP contribution in [0.15, 0.2) is 6.07 Å². The zero-order valence-electron chi connectivity index (χ0n) is 8.59. The summed E-state index contributed by atoms with van der Waals surface area (Å²) in [5, 5.41) is 3.23. The first-order chi connectivity index (χ1) is 6.63. The Balaban J connectivity index is 2.88. The molecule has 0 amide bonds. The van der Waals surface area contributed by atoms with Gasteiger partial charge >= 0.3 is 0 Å². The third-order valence-corrected chi connectivity index (χ3v) is 3.01. The second-order valence-electron chi connectivity index (χ2n) is 3.46. The maximum Gasteiger partial charge on any atom is 0.154 e. The molecule has 0 atom stereocenters. The van der Waals surface area contributed by atoms with E-state index >= 15 is 0 Å². The first-order valence-corrected chi connectivity index (χ1v) is 5.12. The van der Waals surface area contributed by atoms with E-state index in [0.717, 1.165) is 33.7 Å². The lowest BCUT2D eigenvalue weighted by atomic mass is 10.3. The summed E-state index contributed by atoms with van der Waals surface area (Å²) >= 11 is 5.34. The summed E-state index contributed by atoms with van der Waals surface area (Å²) in [6.07, 6.45) is 0.968. The fourth-order valence-electron chi connectivity index (χ4n) is 1.45. The molecule has 0 bridgehead atoms. The van der Waals surface area contributed by atoms with Gasteiger partial charge in [-0.05, 0) is 20.3 Å². The Morgan fingerprint density at radius 2 is 2.21 bits per heavy atom. The molecule has 14 heavy (non-hydrogen) atoms. The quantitative estimate of drug-likeness (QED) is 0.729. The minimum atomic E-state index is 0.826. The van der Waals surface area contributed by atoms with Gasteiger partial charge in [-0.1, -0.05) is 19.1 Å². The van der Waals surface area contributed by atoms with Gasteiger partial charge in [0.15, 0.2) is 5.65 Å². The molecule has 0 aliphatic carbocycles. The van der Waals surface area contributed by atoms with Crippen molar-refractivity contribution >= 4 is 17.9 Å². The van der Waals surface area contributed by atoms with Gasteiger partial charge in [-0.25, -0.2) is 9.50 Å². The van der Waals surface area contributed by atoms with E-state index in [1.54, 1.807) is 0 Å². The molecule has 0 fully saturated rings. The van der Waals surface area contributed by atoms with Crippen LogP contribution in [0.3, 0.4) is 0 Å². The number of fused-ring (bicyclic) bond motifs is 1. The van der Waals surface area contributed by atoms with Gasteiger partial charge in [0.2, 0.25) is 0 Å². The summed E-state index contributed by atoms with van der Waals surface area (Å²) in [6.45, 7) is 6.10. The van der Waals surface area contributed by atoms with Gasteiger partial charge in [0.1, 0.15) is 4.64 Å². The van der Waals surface area contributed by atoms with Gasteiger partial charge in [0.05, 0.1) is 0 Å². The van der Waals surface area contributed by atoms with Crippen molar-refractivity contribution in [1.82, 2.24) is 14.6 Å². The van der Waals surface area contributed by atoms with E-state index in [9.17, 15) is 0 Å². The van der Waals surface area contributed by atoms with E-state index < -0.39 is 0 Å². The molecule has 2 rings (SSSR count). The van der Waals surface area contributed by atoms with Gasteiger partial charge < -0.3 is 0 Å². The molecule has 2 heterocycles. The fraction of sp³-hybridized carbons (Fsp3) is 0.400. The Bertz CT molecular complexity index is 536. The summed E-state index contributed by atoms with van der Waals surface area (Å²) in [5.74, 6) is 0. The minimum absolute atomic E-state index is 0.826. The van der Waals surface area contributed by atoms with Crippen LogP contribution in [0.2, 0.25) is 0 Å². The first-order valence-electron chi connectivity index (χ1n) is 4.71. The highest BCUT2D eigenvalue weighted by molar-refractivity contribution is 7.71. The molecule has 0 aliphatic rings. The molecule has 2 aromatic rings. The van der Waals surface area contributed by atoms with E-state index in [4.69, 9.17) is 12.2 Å². The molecule has 0 aromatic carbocycles. The van der Waals surface area contributed by atoms with Crippen molar-refractivity contribution in [2.75, 3.05) is 0 Å². The Hall–Kier alpha value is -1.16. The van der Waals surface area contributed by atoms with Crippen molar-refractivity contribution in [3.8, 4) is 0 Å². The van der Waals surface area contributed by atoms with Gasteiger partial charge in [-0.3, -0.25) is 5.10 Å². The molecule has 0 saturated heterocycles. The van der Waals surface area contributed by atoms with Crippen molar-refractivity contribution in [2.24, 2.45) is 0 Å². The molecule has 0 unspecified atom stereocenters. The number of H-pyrrole nitrogens is 1. The molecule has 74 valence electrons. The van der Waals surface area contributed by atoms with E-state index in [1.165, 1.54) is 0 Å². The highest BCUT2D eigenvalue weighted by atomic mass is 32.1. The average molecular weight is 207 g/mol. The zero-order chi connectivity index (χ0) is 10.3. The summed E-state index contributed by atoms with van der Waals surface area (Å²) in [4.78, 5) is 4.47. The second kappa shape index (κ2) is 3.20. The lowest BCUT2D eigenvalue weighted by Crippen LogP contribution is -1.98. The van der Waals surface area contributed by atoms with Crippen LogP contribution in [-0.2, 0) is 6.42 Å². The summed E-state index contributed by atoms with van der Waals surface area (Å²) in [5.41, 5.74) is 4.15. The van der Waals surface area contributed by atoms with E-state index in [-0.39, 0.29) is 0 Å². The number of nitrogens with one attached hydrogen (secondary N) is 1. The van der Waals surface area contributed by atoms with Crippen molar-refractivity contribution < 1.29 is 0 Å². The van der Waals surface area contributed by atoms with Crippen molar-refractivity contribution in [3.63, 3.8) is 0 Å². The molecule has 4 heteroatoms. The highest BCUT2D eigenvalue weighted by Crippen LogP contribution is 2.11. The van der Waals surface area contributed by atoms with Crippen molar-refractivity contribution in [1.29, 1.82) is 0 Å². The number of aromatic amines is 1. The van der Waals surface area contributed by atoms with Crippen LogP contribution >= 0.6 is 12.2 Å². The summed E-state index contributed by atoms with van der Waals surface area (Å²) in [7, 11) is 0. The molecule has 0 spiro atoms. The van der Waals surface area contributed by atoms with Crippen LogP contribution in [0.5, 0.6) is 0 Å². The normalized spacial score (nSPS) is 11.1. The SMILES string of the molecule is CCc1cc2nc(C)c(C)c(=S)n2[nH]1. The lowest BCUT2D eigenvalue weighted by Gasteiger charge is -2.00. The Labute approximate surface area is 87.8 Å². The molecule has 0 radical (unpaired) electrons. The van der Waals surface area contributed by atoms with E-state index in [1.807, 2.05) is 24.4 Å².